The maximum absolute atomic E-state index is 2.41. The van der Waals surface area contributed by atoms with Crippen LogP contribution in [0, 0.1) is 0 Å². The maximum Gasteiger partial charge on any atom is 0.0462 e. The van der Waals surface area contributed by atoms with Crippen LogP contribution in [0.3, 0.4) is 0 Å². The molecule has 1 aliphatic rings. The van der Waals surface area contributed by atoms with Gasteiger partial charge in [-0.05, 0) is 109 Å². The molecule has 0 bridgehead atoms. The Morgan fingerprint density at radius 3 is 1.43 bits per heavy atom. The van der Waals surface area contributed by atoms with Crippen LogP contribution in [0.4, 0.5) is 17.1 Å². The Bertz CT molecular complexity index is 2570. The molecule has 8 aromatic rings. The van der Waals surface area contributed by atoms with Crippen molar-refractivity contribution in [2.75, 3.05) is 4.90 Å². The quantitative estimate of drug-likeness (QED) is 0.166. The van der Waals surface area contributed by atoms with E-state index in [2.05, 4.69) is 211 Å². The van der Waals surface area contributed by atoms with Gasteiger partial charge in [0.1, 0.15) is 0 Å². The van der Waals surface area contributed by atoms with E-state index in [1.807, 2.05) is 0 Å². The molecule has 0 N–H and O–H groups in total. The summed E-state index contributed by atoms with van der Waals surface area (Å²) < 4.78 is 0. The predicted molar refractivity (Wildman–Crippen MR) is 217 cm³/mol. The summed E-state index contributed by atoms with van der Waals surface area (Å²) in [6, 6.07) is 70.4. The second-order valence-electron chi connectivity index (χ2n) is 13.4. The molecule has 1 atom stereocenters. The van der Waals surface area contributed by atoms with Crippen LogP contribution in [0.15, 0.2) is 194 Å². The summed E-state index contributed by atoms with van der Waals surface area (Å²) in [6.07, 6.45) is 5.82. The monoisotopic (exact) mass is 651 g/mol. The van der Waals surface area contributed by atoms with Gasteiger partial charge in [-0.2, -0.15) is 0 Å². The molecule has 0 spiro atoms. The lowest BCUT2D eigenvalue weighted by atomic mass is 9.89. The second kappa shape index (κ2) is 13.5. The van der Waals surface area contributed by atoms with Crippen molar-refractivity contribution in [2.24, 2.45) is 0 Å². The van der Waals surface area contributed by atoms with E-state index in [0.717, 1.165) is 23.5 Å². The van der Waals surface area contributed by atoms with E-state index in [1.165, 1.54) is 60.2 Å². The molecule has 1 unspecified atom stereocenters. The second-order valence-corrected chi connectivity index (χ2v) is 13.4. The average Bonchev–Trinajstić information content (AvgIpc) is 3.22. The van der Waals surface area contributed by atoms with Gasteiger partial charge in [-0.1, -0.05) is 164 Å². The van der Waals surface area contributed by atoms with Gasteiger partial charge < -0.3 is 4.90 Å². The standard InChI is InChI=1S/C50H37N/c1-2-12-48(13-3-1)51(49-30-26-40(27-31-49)38-14-18-42(19-15-38)46-24-22-36-8-4-6-10-44(36)34-46)50-32-28-41(29-33-50)39-16-20-43(21-17-39)47-25-23-37-9-5-7-11-45(37)35-47/h1-24,26-35,47H,25H2. The van der Waals surface area contributed by atoms with Crippen molar-refractivity contribution < 1.29 is 0 Å². The van der Waals surface area contributed by atoms with Crippen molar-refractivity contribution in [3.8, 4) is 33.4 Å². The van der Waals surface area contributed by atoms with Gasteiger partial charge in [-0.3, -0.25) is 0 Å². The van der Waals surface area contributed by atoms with Crippen LogP contribution in [0.5, 0.6) is 0 Å². The zero-order valence-electron chi connectivity index (χ0n) is 28.4. The van der Waals surface area contributed by atoms with Gasteiger partial charge in [0.05, 0.1) is 0 Å². The SMILES string of the molecule is C1=c2ccccc2=CC(c2ccc(-c3ccc(N(c4ccccc4)c4ccc(-c5ccc(-c6ccc7ccccc7c6)cc5)cc4)cc3)cc2)C1. The highest BCUT2D eigenvalue weighted by Crippen LogP contribution is 2.37. The molecule has 0 saturated carbocycles. The van der Waals surface area contributed by atoms with Crippen molar-refractivity contribution in [3.63, 3.8) is 0 Å². The van der Waals surface area contributed by atoms with Crippen molar-refractivity contribution in [3.05, 3.63) is 210 Å². The van der Waals surface area contributed by atoms with Crippen molar-refractivity contribution in [2.45, 2.75) is 12.3 Å². The number of anilines is 3. The lowest BCUT2D eigenvalue weighted by molar-refractivity contribution is 0.921. The normalized spacial score (nSPS) is 13.5. The van der Waals surface area contributed by atoms with Gasteiger partial charge in [0.15, 0.2) is 0 Å². The summed E-state index contributed by atoms with van der Waals surface area (Å²) in [4.78, 5) is 2.33. The molecule has 0 heterocycles. The summed E-state index contributed by atoms with van der Waals surface area (Å²) in [7, 11) is 0. The van der Waals surface area contributed by atoms with E-state index in [-0.39, 0.29) is 0 Å². The van der Waals surface area contributed by atoms with E-state index in [1.54, 1.807) is 0 Å². The molecule has 0 amide bonds. The third kappa shape index (κ3) is 6.27. The molecular weight excluding hydrogens is 615 g/mol. The highest BCUT2D eigenvalue weighted by atomic mass is 15.1. The largest absolute Gasteiger partial charge is 0.311 e. The summed E-state index contributed by atoms with van der Waals surface area (Å²) in [5.74, 6) is 0.414. The fourth-order valence-electron chi connectivity index (χ4n) is 7.40. The Kier molecular flexibility index (Phi) is 8.08. The molecule has 242 valence electrons. The Morgan fingerprint density at radius 2 is 0.804 bits per heavy atom. The molecule has 51 heavy (non-hydrogen) atoms. The van der Waals surface area contributed by atoms with Crippen LogP contribution >= 0.6 is 0 Å². The minimum Gasteiger partial charge on any atom is -0.311 e. The van der Waals surface area contributed by atoms with Gasteiger partial charge in [-0.25, -0.2) is 0 Å². The number of benzene rings is 8. The molecule has 0 radical (unpaired) electrons. The molecule has 9 rings (SSSR count). The molecule has 0 fully saturated rings. The molecule has 0 aliphatic heterocycles. The van der Waals surface area contributed by atoms with Gasteiger partial charge in [0.25, 0.3) is 0 Å². The van der Waals surface area contributed by atoms with Crippen molar-refractivity contribution in [1.82, 2.24) is 0 Å². The van der Waals surface area contributed by atoms with Crippen molar-refractivity contribution >= 4 is 40.0 Å². The number of nitrogens with zero attached hydrogens (tertiary/aromatic N) is 1. The third-order valence-corrected chi connectivity index (χ3v) is 10.2. The van der Waals surface area contributed by atoms with E-state index in [4.69, 9.17) is 0 Å². The summed E-state index contributed by atoms with van der Waals surface area (Å²) in [5, 5.41) is 5.20. The maximum atomic E-state index is 2.41. The van der Waals surface area contributed by atoms with Gasteiger partial charge in [-0.15, -0.1) is 0 Å². The summed E-state index contributed by atoms with van der Waals surface area (Å²) in [5.41, 5.74) is 12.0. The Labute approximate surface area is 299 Å². The number of hydrogen-bond donors (Lipinski definition) is 0. The zero-order valence-corrected chi connectivity index (χ0v) is 28.4. The summed E-state index contributed by atoms with van der Waals surface area (Å²) >= 11 is 0. The van der Waals surface area contributed by atoms with Crippen LogP contribution in [-0.2, 0) is 0 Å². The fraction of sp³-hybridized carbons (Fsp3) is 0.0400. The van der Waals surface area contributed by atoms with Crippen LogP contribution in [-0.4, -0.2) is 0 Å². The minimum atomic E-state index is 0.414. The summed E-state index contributed by atoms with van der Waals surface area (Å²) in [6.45, 7) is 0. The van der Waals surface area contributed by atoms with Gasteiger partial charge in [0.2, 0.25) is 0 Å². The zero-order chi connectivity index (χ0) is 34.0. The average molecular weight is 652 g/mol. The van der Waals surface area contributed by atoms with Crippen molar-refractivity contribution in [1.29, 1.82) is 0 Å². The van der Waals surface area contributed by atoms with Crippen LogP contribution < -0.4 is 15.3 Å². The molecular formula is C50H37N. The first-order valence-corrected chi connectivity index (χ1v) is 17.8. The first kappa shape index (κ1) is 30.6. The van der Waals surface area contributed by atoms with E-state index in [9.17, 15) is 0 Å². The predicted octanol–water partition coefficient (Wildman–Crippen LogP) is 12.1. The molecule has 8 aromatic carbocycles. The minimum absolute atomic E-state index is 0.414. The molecule has 0 saturated heterocycles. The van der Waals surface area contributed by atoms with Gasteiger partial charge >= 0.3 is 0 Å². The highest BCUT2D eigenvalue weighted by Gasteiger charge is 2.14. The molecule has 1 heteroatoms. The van der Waals surface area contributed by atoms with Crippen LogP contribution in [0.2, 0.25) is 0 Å². The van der Waals surface area contributed by atoms with Crippen LogP contribution in [0.1, 0.15) is 17.9 Å². The lowest BCUT2D eigenvalue weighted by Crippen LogP contribution is -2.27. The highest BCUT2D eigenvalue weighted by molar-refractivity contribution is 5.88. The topological polar surface area (TPSA) is 3.24 Å². The number of para-hydroxylation sites is 1. The lowest BCUT2D eigenvalue weighted by Gasteiger charge is -2.26. The Balaban J connectivity index is 0.953. The first-order valence-electron chi connectivity index (χ1n) is 17.8. The van der Waals surface area contributed by atoms with E-state index >= 15 is 0 Å². The van der Waals surface area contributed by atoms with Gasteiger partial charge in [0, 0.05) is 23.0 Å². The Morgan fingerprint density at radius 1 is 0.353 bits per heavy atom. The molecule has 1 nitrogen and oxygen atoms in total. The van der Waals surface area contributed by atoms with E-state index < -0.39 is 0 Å². The number of rotatable bonds is 7. The van der Waals surface area contributed by atoms with Crippen LogP contribution in [0.25, 0.3) is 56.3 Å². The Hall–Kier alpha value is -6.44. The fourth-order valence-corrected chi connectivity index (χ4v) is 7.40. The first-order chi connectivity index (χ1) is 25.2. The molecule has 1 aliphatic carbocycles. The number of fused-ring (bicyclic) bond motifs is 2. The van der Waals surface area contributed by atoms with E-state index in [0.29, 0.717) is 5.92 Å². The smallest absolute Gasteiger partial charge is 0.0462 e. The third-order valence-electron chi connectivity index (χ3n) is 10.2. The number of hydrogen-bond acceptors (Lipinski definition) is 1. The molecule has 0 aromatic heterocycles.